The quantitative estimate of drug-likeness (QED) is 0.740. The highest BCUT2D eigenvalue weighted by atomic mass is 19.1. The zero-order valence-corrected chi connectivity index (χ0v) is 15.7. The molecule has 3 rings (SSSR count). The fraction of sp³-hybridized carbons (Fsp3) is 0.250. The summed E-state index contributed by atoms with van der Waals surface area (Å²) in [6.45, 7) is 4.10. The molecule has 7 nitrogen and oxygen atoms in total. The smallest absolute Gasteiger partial charge is 0.319 e. The lowest BCUT2D eigenvalue weighted by Crippen LogP contribution is -2.41. The van der Waals surface area contributed by atoms with Gasteiger partial charge >= 0.3 is 6.03 Å². The molecule has 146 valence electrons. The fourth-order valence-electron chi connectivity index (χ4n) is 2.85. The summed E-state index contributed by atoms with van der Waals surface area (Å²) < 4.78 is 13.1. The highest BCUT2D eigenvalue weighted by Gasteiger charge is 2.39. The van der Waals surface area contributed by atoms with Crippen molar-refractivity contribution in [2.45, 2.75) is 32.5 Å². The van der Waals surface area contributed by atoms with E-state index in [4.69, 9.17) is 5.73 Å². The Balaban J connectivity index is 1.53. The number of guanidine groups is 1. The third-order valence-corrected chi connectivity index (χ3v) is 4.34. The maximum absolute atomic E-state index is 13.1. The predicted molar refractivity (Wildman–Crippen MR) is 105 cm³/mol. The van der Waals surface area contributed by atoms with Crippen LogP contribution < -0.4 is 16.4 Å². The first-order valence-corrected chi connectivity index (χ1v) is 8.80. The van der Waals surface area contributed by atoms with E-state index in [0.29, 0.717) is 18.8 Å². The van der Waals surface area contributed by atoms with E-state index in [1.807, 2.05) is 24.3 Å². The number of halogens is 1. The molecule has 8 heteroatoms. The Bertz CT molecular complexity index is 924. The van der Waals surface area contributed by atoms with Gasteiger partial charge in [0.2, 0.25) is 0 Å². The standard InChI is InChI=1S/C20H22FN5O2/c1-20(2)17(27)26(18(22)25-20)12-14-8-6-13(7-9-14)11-23-19(28)24-16-5-3-4-15(21)10-16/h3-10H,11-12H2,1-2H3,(H2,22,25)(H2,23,24,28). The summed E-state index contributed by atoms with van der Waals surface area (Å²) in [5.74, 6) is -0.335. The normalized spacial score (nSPS) is 15.3. The Morgan fingerprint density at radius 1 is 1.18 bits per heavy atom. The highest BCUT2D eigenvalue weighted by molar-refractivity contribution is 6.06. The lowest BCUT2D eigenvalue weighted by Gasteiger charge is -2.19. The molecule has 0 unspecified atom stereocenters. The molecule has 0 saturated heterocycles. The van der Waals surface area contributed by atoms with Crippen LogP contribution in [-0.4, -0.2) is 28.3 Å². The van der Waals surface area contributed by atoms with Crippen LogP contribution in [0.2, 0.25) is 0 Å². The van der Waals surface area contributed by atoms with E-state index in [1.165, 1.54) is 23.1 Å². The van der Waals surface area contributed by atoms with Crippen molar-refractivity contribution in [2.75, 3.05) is 5.32 Å². The van der Waals surface area contributed by atoms with Crippen LogP contribution >= 0.6 is 0 Å². The molecule has 2 aromatic rings. The lowest BCUT2D eigenvalue weighted by molar-refractivity contribution is -0.130. The molecular weight excluding hydrogens is 361 g/mol. The number of hydrogen-bond donors (Lipinski definition) is 3. The molecule has 0 fully saturated rings. The first-order valence-electron chi connectivity index (χ1n) is 8.80. The fourth-order valence-corrected chi connectivity index (χ4v) is 2.85. The monoisotopic (exact) mass is 383 g/mol. The maximum Gasteiger partial charge on any atom is 0.319 e. The Hall–Kier alpha value is -3.42. The largest absolute Gasteiger partial charge is 0.369 e. The van der Waals surface area contributed by atoms with Gasteiger partial charge in [-0.3, -0.25) is 9.69 Å². The van der Waals surface area contributed by atoms with Crippen LogP contribution in [0.5, 0.6) is 0 Å². The van der Waals surface area contributed by atoms with E-state index < -0.39 is 17.4 Å². The Labute approximate surface area is 162 Å². The zero-order chi connectivity index (χ0) is 20.3. The first kappa shape index (κ1) is 19.3. The minimum absolute atomic E-state index is 0.134. The number of carbonyl (C=O) groups excluding carboxylic acids is 2. The average Bonchev–Trinajstić information content (AvgIpc) is 2.83. The van der Waals surface area contributed by atoms with Crippen molar-refractivity contribution in [3.8, 4) is 0 Å². The van der Waals surface area contributed by atoms with Gasteiger partial charge in [0.05, 0.1) is 6.54 Å². The zero-order valence-electron chi connectivity index (χ0n) is 15.7. The third-order valence-electron chi connectivity index (χ3n) is 4.34. The topological polar surface area (TPSA) is 99.8 Å². The van der Waals surface area contributed by atoms with Crippen LogP contribution in [0.4, 0.5) is 14.9 Å². The number of amides is 3. The van der Waals surface area contributed by atoms with E-state index in [-0.39, 0.29) is 11.9 Å². The van der Waals surface area contributed by atoms with Crippen molar-refractivity contribution in [2.24, 2.45) is 10.7 Å². The molecule has 0 saturated carbocycles. The molecule has 0 bridgehead atoms. The summed E-state index contributed by atoms with van der Waals surface area (Å²) in [6.07, 6.45) is 0. The summed E-state index contributed by atoms with van der Waals surface area (Å²) in [5.41, 5.74) is 7.19. The third kappa shape index (κ3) is 4.46. The minimum Gasteiger partial charge on any atom is -0.369 e. The van der Waals surface area contributed by atoms with Crippen molar-refractivity contribution in [3.63, 3.8) is 0 Å². The lowest BCUT2D eigenvalue weighted by atomic mass is 10.1. The van der Waals surface area contributed by atoms with Gasteiger partial charge in [-0.2, -0.15) is 0 Å². The van der Waals surface area contributed by atoms with Gasteiger partial charge < -0.3 is 16.4 Å². The number of carbonyl (C=O) groups is 2. The summed E-state index contributed by atoms with van der Waals surface area (Å²) in [7, 11) is 0. The molecule has 2 aromatic carbocycles. The van der Waals surface area contributed by atoms with Crippen molar-refractivity contribution >= 4 is 23.6 Å². The second-order valence-corrected chi connectivity index (χ2v) is 7.05. The number of benzene rings is 2. The maximum atomic E-state index is 13.1. The number of nitrogens with one attached hydrogen (secondary N) is 2. The minimum atomic E-state index is -0.830. The van der Waals surface area contributed by atoms with Gasteiger partial charge in [-0.25, -0.2) is 14.2 Å². The van der Waals surface area contributed by atoms with Gasteiger partial charge in [0.1, 0.15) is 11.4 Å². The van der Waals surface area contributed by atoms with Crippen LogP contribution in [0.25, 0.3) is 0 Å². The van der Waals surface area contributed by atoms with Crippen molar-refractivity contribution in [1.82, 2.24) is 10.2 Å². The average molecular weight is 383 g/mol. The summed E-state index contributed by atoms with van der Waals surface area (Å²) in [5, 5.41) is 5.28. The van der Waals surface area contributed by atoms with Gasteiger partial charge in [0.25, 0.3) is 5.91 Å². The first-order chi connectivity index (χ1) is 13.2. The van der Waals surface area contributed by atoms with Crippen LogP contribution in [0.1, 0.15) is 25.0 Å². The number of nitrogens with two attached hydrogens (primary N) is 1. The van der Waals surface area contributed by atoms with Gasteiger partial charge in [-0.15, -0.1) is 0 Å². The van der Waals surface area contributed by atoms with Crippen molar-refractivity contribution in [1.29, 1.82) is 0 Å². The van der Waals surface area contributed by atoms with E-state index in [1.54, 1.807) is 19.9 Å². The number of anilines is 1. The molecule has 4 N–H and O–H groups in total. The summed E-state index contributed by atoms with van der Waals surface area (Å²) >= 11 is 0. The van der Waals surface area contributed by atoms with Gasteiger partial charge in [-0.05, 0) is 43.2 Å². The number of rotatable bonds is 5. The van der Waals surface area contributed by atoms with E-state index in [2.05, 4.69) is 15.6 Å². The number of aliphatic imine (C=N–C) groups is 1. The Morgan fingerprint density at radius 3 is 2.46 bits per heavy atom. The van der Waals surface area contributed by atoms with E-state index >= 15 is 0 Å². The number of nitrogens with zero attached hydrogens (tertiary/aromatic N) is 2. The van der Waals surface area contributed by atoms with Crippen LogP contribution in [0, 0.1) is 5.82 Å². The molecule has 0 atom stereocenters. The number of hydrogen-bond acceptors (Lipinski definition) is 4. The second-order valence-electron chi connectivity index (χ2n) is 7.05. The van der Waals surface area contributed by atoms with Crippen molar-refractivity contribution < 1.29 is 14.0 Å². The summed E-state index contributed by atoms with van der Waals surface area (Å²) in [4.78, 5) is 29.9. The SMILES string of the molecule is CC1(C)N=C(N)N(Cc2ccc(CNC(=O)Nc3cccc(F)c3)cc2)C1=O. The van der Waals surface area contributed by atoms with Crippen LogP contribution in [0.15, 0.2) is 53.5 Å². The predicted octanol–water partition coefficient (Wildman–Crippen LogP) is 2.58. The van der Waals surface area contributed by atoms with E-state index in [9.17, 15) is 14.0 Å². The molecule has 3 amide bonds. The Kier molecular flexibility index (Phi) is 5.30. The molecule has 1 heterocycles. The summed E-state index contributed by atoms with van der Waals surface area (Å²) in [6, 6.07) is 12.7. The Morgan fingerprint density at radius 2 is 1.86 bits per heavy atom. The van der Waals surface area contributed by atoms with Crippen molar-refractivity contribution in [3.05, 3.63) is 65.5 Å². The van der Waals surface area contributed by atoms with Crippen LogP contribution in [0.3, 0.4) is 0 Å². The molecular formula is C20H22FN5O2. The van der Waals surface area contributed by atoms with E-state index in [0.717, 1.165) is 11.1 Å². The molecule has 1 aliphatic heterocycles. The molecule has 1 aliphatic rings. The molecule has 0 aromatic heterocycles. The molecule has 0 spiro atoms. The van der Waals surface area contributed by atoms with Gasteiger partial charge in [-0.1, -0.05) is 30.3 Å². The molecule has 0 radical (unpaired) electrons. The highest BCUT2D eigenvalue weighted by Crippen LogP contribution is 2.22. The molecule has 28 heavy (non-hydrogen) atoms. The number of urea groups is 1. The molecule has 0 aliphatic carbocycles. The van der Waals surface area contributed by atoms with Gasteiger partial charge in [0, 0.05) is 12.2 Å². The van der Waals surface area contributed by atoms with Crippen LogP contribution in [-0.2, 0) is 17.9 Å². The second kappa shape index (κ2) is 7.67. The van der Waals surface area contributed by atoms with Gasteiger partial charge in [0.15, 0.2) is 5.96 Å².